The van der Waals surface area contributed by atoms with Crippen LogP contribution in [0.15, 0.2) is 29.0 Å². The van der Waals surface area contributed by atoms with Gasteiger partial charge < -0.3 is 9.88 Å². The van der Waals surface area contributed by atoms with Gasteiger partial charge in [-0.15, -0.1) is 0 Å². The van der Waals surface area contributed by atoms with E-state index in [4.69, 9.17) is 0 Å². The van der Waals surface area contributed by atoms with E-state index in [9.17, 15) is 4.79 Å². The summed E-state index contributed by atoms with van der Waals surface area (Å²) in [5.74, 6) is 0.594. The Labute approximate surface area is 127 Å². The van der Waals surface area contributed by atoms with E-state index < -0.39 is 0 Å². The van der Waals surface area contributed by atoms with Gasteiger partial charge >= 0.3 is 0 Å². The van der Waals surface area contributed by atoms with Crippen molar-refractivity contribution >= 4 is 27.7 Å². The lowest BCUT2D eigenvalue weighted by Gasteiger charge is -2.12. The van der Waals surface area contributed by atoms with E-state index in [1.54, 1.807) is 16.9 Å². The fraction of sp³-hybridized carbons (Fsp3) is 0.429. The number of hydrogen-bond acceptors (Lipinski definition) is 2. The van der Waals surface area contributed by atoms with Crippen molar-refractivity contribution in [3.8, 4) is 0 Å². The van der Waals surface area contributed by atoms with Crippen LogP contribution in [0, 0.1) is 0 Å². The molecule has 6 heteroatoms. The summed E-state index contributed by atoms with van der Waals surface area (Å²) in [6, 6.07) is 3.84. The Morgan fingerprint density at radius 3 is 2.90 bits per heavy atom. The van der Waals surface area contributed by atoms with Gasteiger partial charge in [0.1, 0.15) is 11.5 Å². The molecule has 108 valence electrons. The molecule has 2 heterocycles. The number of carbonyl (C=O) groups excluding carboxylic acids is 1. The molecule has 5 nitrogen and oxygen atoms in total. The van der Waals surface area contributed by atoms with Gasteiger partial charge in [0.05, 0.1) is 6.20 Å². The highest BCUT2D eigenvalue weighted by molar-refractivity contribution is 9.10. The zero-order valence-electron chi connectivity index (χ0n) is 11.9. The van der Waals surface area contributed by atoms with Crippen LogP contribution in [0.5, 0.6) is 0 Å². The minimum Gasteiger partial charge on any atom is -0.342 e. The van der Waals surface area contributed by atoms with E-state index in [0.29, 0.717) is 11.5 Å². The second-order valence-corrected chi connectivity index (χ2v) is 5.86. The van der Waals surface area contributed by atoms with Crippen LogP contribution in [0.3, 0.4) is 0 Å². The highest BCUT2D eigenvalue weighted by Gasteiger charge is 2.15. The second kappa shape index (κ2) is 6.26. The second-order valence-electron chi connectivity index (χ2n) is 4.95. The molecule has 2 aromatic rings. The highest BCUT2D eigenvalue weighted by atomic mass is 79.9. The number of nitrogens with one attached hydrogen (secondary N) is 1. The normalized spacial score (nSPS) is 11.1. The quantitative estimate of drug-likeness (QED) is 0.903. The first kappa shape index (κ1) is 14.8. The van der Waals surface area contributed by atoms with Crippen LogP contribution >= 0.6 is 15.9 Å². The fourth-order valence-electron chi connectivity index (χ4n) is 2.10. The van der Waals surface area contributed by atoms with E-state index in [2.05, 4.69) is 33.3 Å². The number of hydrogen-bond donors (Lipinski definition) is 1. The Balaban J connectivity index is 2.22. The van der Waals surface area contributed by atoms with Crippen molar-refractivity contribution in [1.82, 2.24) is 14.3 Å². The van der Waals surface area contributed by atoms with Crippen LogP contribution in [0.1, 0.15) is 43.7 Å². The molecule has 0 saturated carbocycles. The van der Waals surface area contributed by atoms with E-state index >= 15 is 0 Å². The maximum atomic E-state index is 12.4. The largest absolute Gasteiger partial charge is 0.342 e. The lowest BCUT2D eigenvalue weighted by Crippen LogP contribution is -2.19. The van der Waals surface area contributed by atoms with Crippen LogP contribution in [0.2, 0.25) is 0 Å². The number of rotatable bonds is 5. The van der Waals surface area contributed by atoms with Crippen molar-refractivity contribution in [2.45, 2.75) is 39.8 Å². The van der Waals surface area contributed by atoms with Crippen molar-refractivity contribution in [3.63, 3.8) is 0 Å². The summed E-state index contributed by atoms with van der Waals surface area (Å²) < 4.78 is 4.66. The predicted octanol–water partition coefficient (Wildman–Crippen LogP) is 3.69. The van der Waals surface area contributed by atoms with E-state index in [0.717, 1.165) is 17.4 Å². The Bertz CT molecular complexity index is 600. The van der Waals surface area contributed by atoms with Crippen molar-refractivity contribution in [3.05, 3.63) is 34.7 Å². The monoisotopic (exact) mass is 338 g/mol. The summed E-state index contributed by atoms with van der Waals surface area (Å²) in [6.45, 7) is 6.96. The Morgan fingerprint density at radius 1 is 1.50 bits per heavy atom. The van der Waals surface area contributed by atoms with Gasteiger partial charge in [-0.3, -0.25) is 4.79 Å². The third-order valence-electron chi connectivity index (χ3n) is 2.96. The molecular formula is C14H19BrN4O. The number of carbonyl (C=O) groups is 1. The average molecular weight is 339 g/mol. The van der Waals surface area contributed by atoms with Gasteiger partial charge in [-0.1, -0.05) is 6.92 Å². The van der Waals surface area contributed by atoms with Crippen LogP contribution < -0.4 is 5.32 Å². The molecule has 2 aromatic heterocycles. The van der Waals surface area contributed by atoms with E-state index in [-0.39, 0.29) is 11.9 Å². The lowest BCUT2D eigenvalue weighted by atomic mass is 10.3. The Kier molecular flexibility index (Phi) is 4.65. The van der Waals surface area contributed by atoms with Gasteiger partial charge in [0.2, 0.25) is 0 Å². The Hall–Kier alpha value is -1.56. The molecule has 0 saturated heterocycles. The molecule has 0 unspecified atom stereocenters. The smallest absolute Gasteiger partial charge is 0.273 e. The summed E-state index contributed by atoms with van der Waals surface area (Å²) in [6.07, 6.45) is 4.60. The highest BCUT2D eigenvalue weighted by Crippen LogP contribution is 2.18. The molecule has 0 bridgehead atoms. The number of halogens is 1. The molecule has 1 N–H and O–H groups in total. The summed E-state index contributed by atoms with van der Waals surface area (Å²) in [5.41, 5.74) is 0.648. The summed E-state index contributed by atoms with van der Waals surface area (Å²) in [5, 5.41) is 7.13. The molecule has 0 atom stereocenters. The number of amides is 1. The molecule has 2 rings (SSSR count). The number of aryl methyl sites for hydroxylation is 1. The molecule has 0 aliphatic carbocycles. The zero-order valence-corrected chi connectivity index (χ0v) is 13.5. The van der Waals surface area contributed by atoms with Crippen LogP contribution in [-0.2, 0) is 6.54 Å². The minimum atomic E-state index is -0.119. The van der Waals surface area contributed by atoms with Crippen LogP contribution in [0.25, 0.3) is 0 Å². The summed E-state index contributed by atoms with van der Waals surface area (Å²) >= 11 is 3.42. The van der Waals surface area contributed by atoms with Gasteiger partial charge in [0.15, 0.2) is 0 Å². The summed E-state index contributed by atoms with van der Waals surface area (Å²) in [4.78, 5) is 12.4. The number of aromatic nitrogens is 3. The first-order valence-electron chi connectivity index (χ1n) is 6.73. The maximum Gasteiger partial charge on any atom is 0.273 e. The standard InChI is InChI=1S/C14H19BrN4O/c1-4-7-18-9-11(15)8-12(18)14(20)17-13-5-6-16-19(13)10(2)3/h5-6,8-10H,4,7H2,1-3H3,(H,17,20). The van der Waals surface area contributed by atoms with Gasteiger partial charge in [-0.2, -0.15) is 5.10 Å². The van der Waals surface area contributed by atoms with Crippen molar-refractivity contribution in [2.75, 3.05) is 5.32 Å². The van der Waals surface area contributed by atoms with E-state index in [1.165, 1.54) is 0 Å². The van der Waals surface area contributed by atoms with Gasteiger partial charge in [0, 0.05) is 29.3 Å². The predicted molar refractivity (Wildman–Crippen MR) is 83.0 cm³/mol. The van der Waals surface area contributed by atoms with Crippen LogP contribution in [-0.4, -0.2) is 20.3 Å². The first-order chi connectivity index (χ1) is 9.52. The number of anilines is 1. The van der Waals surface area contributed by atoms with Gasteiger partial charge in [-0.25, -0.2) is 4.68 Å². The molecule has 0 aliphatic heterocycles. The van der Waals surface area contributed by atoms with Crippen molar-refractivity contribution in [1.29, 1.82) is 0 Å². The Morgan fingerprint density at radius 2 is 2.25 bits per heavy atom. The van der Waals surface area contributed by atoms with Crippen LogP contribution in [0.4, 0.5) is 5.82 Å². The molecule has 0 aromatic carbocycles. The molecule has 0 fully saturated rings. The van der Waals surface area contributed by atoms with Gasteiger partial charge in [0.25, 0.3) is 5.91 Å². The van der Waals surface area contributed by atoms with Gasteiger partial charge in [-0.05, 0) is 42.3 Å². The molecule has 20 heavy (non-hydrogen) atoms. The van der Waals surface area contributed by atoms with E-state index in [1.807, 2.05) is 30.7 Å². The molecular weight excluding hydrogens is 320 g/mol. The van der Waals surface area contributed by atoms with Crippen molar-refractivity contribution in [2.24, 2.45) is 0 Å². The average Bonchev–Trinajstić information content (AvgIpc) is 2.96. The topological polar surface area (TPSA) is 51.9 Å². The first-order valence-corrected chi connectivity index (χ1v) is 7.52. The zero-order chi connectivity index (χ0) is 14.7. The lowest BCUT2D eigenvalue weighted by molar-refractivity contribution is 0.101. The summed E-state index contributed by atoms with van der Waals surface area (Å²) in [7, 11) is 0. The number of nitrogens with zero attached hydrogens (tertiary/aromatic N) is 3. The SMILES string of the molecule is CCCn1cc(Br)cc1C(=O)Nc1ccnn1C(C)C. The third kappa shape index (κ3) is 3.12. The maximum absolute atomic E-state index is 12.4. The molecule has 0 spiro atoms. The molecule has 0 aliphatic rings. The molecule has 1 amide bonds. The third-order valence-corrected chi connectivity index (χ3v) is 3.40. The molecule has 0 radical (unpaired) electrons. The fourth-order valence-corrected chi connectivity index (χ4v) is 2.56. The van der Waals surface area contributed by atoms with Crippen molar-refractivity contribution < 1.29 is 4.79 Å². The minimum absolute atomic E-state index is 0.119.